The van der Waals surface area contributed by atoms with Gasteiger partial charge in [-0.3, -0.25) is 4.90 Å². The Kier molecular flexibility index (Phi) is 3.55. The molecule has 0 bridgehead atoms. The van der Waals surface area contributed by atoms with Gasteiger partial charge in [-0.2, -0.15) is 0 Å². The van der Waals surface area contributed by atoms with Gasteiger partial charge in [-0.15, -0.1) is 0 Å². The van der Waals surface area contributed by atoms with Crippen molar-refractivity contribution >= 4 is 0 Å². The molecule has 1 aromatic rings. The Labute approximate surface area is 119 Å². The van der Waals surface area contributed by atoms with E-state index >= 15 is 0 Å². The van der Waals surface area contributed by atoms with Crippen molar-refractivity contribution in [3.8, 4) is 0 Å². The maximum atomic E-state index is 14.1. The maximum Gasteiger partial charge on any atom is 0.128 e. The van der Waals surface area contributed by atoms with Gasteiger partial charge in [0.1, 0.15) is 11.6 Å². The highest BCUT2D eigenvalue weighted by atomic mass is 19.1. The molecule has 0 aromatic heterocycles. The van der Waals surface area contributed by atoms with E-state index in [2.05, 4.69) is 17.1 Å². The molecule has 4 heteroatoms. The van der Waals surface area contributed by atoms with Crippen LogP contribution in [-0.4, -0.2) is 30.6 Å². The first-order valence-electron chi connectivity index (χ1n) is 7.41. The molecule has 20 heavy (non-hydrogen) atoms. The molecule has 1 aromatic carbocycles. The molecule has 110 valence electrons. The van der Waals surface area contributed by atoms with Gasteiger partial charge >= 0.3 is 0 Å². The molecule has 2 saturated heterocycles. The number of benzene rings is 1. The van der Waals surface area contributed by atoms with Crippen LogP contribution in [0.2, 0.25) is 0 Å². The third kappa shape index (κ3) is 2.15. The predicted molar refractivity (Wildman–Crippen MR) is 75.5 cm³/mol. The molecule has 3 rings (SSSR count). The highest BCUT2D eigenvalue weighted by molar-refractivity contribution is 5.28. The van der Waals surface area contributed by atoms with E-state index in [0.29, 0.717) is 29.0 Å². The standard InChI is InChI=1S/C16H22F2N2/c1-9-4-16(18)13(5-15(9)17)10(2)20-8-12-6-19-7-14(12)11(20)3/h4-5,10-12,14,19H,6-8H2,1-3H3. The molecule has 2 heterocycles. The molecule has 2 aliphatic heterocycles. The highest BCUT2D eigenvalue weighted by Gasteiger charge is 2.43. The summed E-state index contributed by atoms with van der Waals surface area (Å²) in [6, 6.07) is 3.01. The number of hydrogen-bond donors (Lipinski definition) is 1. The lowest BCUT2D eigenvalue weighted by atomic mass is 9.95. The van der Waals surface area contributed by atoms with Crippen molar-refractivity contribution in [3.05, 3.63) is 34.9 Å². The minimum Gasteiger partial charge on any atom is -0.316 e. The number of likely N-dealkylation sites (tertiary alicyclic amines) is 1. The predicted octanol–water partition coefficient (Wildman–Crippen LogP) is 2.87. The van der Waals surface area contributed by atoms with Crippen LogP contribution in [0.15, 0.2) is 12.1 Å². The Bertz CT molecular complexity index is 517. The van der Waals surface area contributed by atoms with Crippen molar-refractivity contribution in [3.63, 3.8) is 0 Å². The maximum absolute atomic E-state index is 14.1. The Morgan fingerprint density at radius 1 is 1.25 bits per heavy atom. The summed E-state index contributed by atoms with van der Waals surface area (Å²) in [5, 5.41) is 3.42. The van der Waals surface area contributed by atoms with Crippen LogP contribution >= 0.6 is 0 Å². The van der Waals surface area contributed by atoms with E-state index in [-0.39, 0.29) is 17.7 Å². The average molecular weight is 280 g/mol. The molecule has 1 N–H and O–H groups in total. The first-order chi connectivity index (χ1) is 9.49. The average Bonchev–Trinajstić information content (AvgIpc) is 2.97. The van der Waals surface area contributed by atoms with Crippen LogP contribution in [0, 0.1) is 30.4 Å². The molecule has 0 saturated carbocycles. The second-order valence-corrected chi connectivity index (χ2v) is 6.32. The van der Waals surface area contributed by atoms with E-state index in [1.807, 2.05) is 6.92 Å². The molecular weight excluding hydrogens is 258 g/mol. The Hall–Kier alpha value is -1.00. The van der Waals surface area contributed by atoms with E-state index < -0.39 is 0 Å². The quantitative estimate of drug-likeness (QED) is 0.896. The van der Waals surface area contributed by atoms with E-state index in [4.69, 9.17) is 0 Å². The Morgan fingerprint density at radius 3 is 2.70 bits per heavy atom. The minimum atomic E-state index is -0.318. The zero-order valence-corrected chi connectivity index (χ0v) is 12.3. The summed E-state index contributed by atoms with van der Waals surface area (Å²) in [4.78, 5) is 2.32. The van der Waals surface area contributed by atoms with E-state index in [1.165, 1.54) is 12.1 Å². The van der Waals surface area contributed by atoms with Crippen LogP contribution in [0.4, 0.5) is 8.78 Å². The van der Waals surface area contributed by atoms with Crippen LogP contribution in [0.25, 0.3) is 0 Å². The fourth-order valence-corrected chi connectivity index (χ4v) is 3.87. The first kappa shape index (κ1) is 14.0. The van der Waals surface area contributed by atoms with Crippen molar-refractivity contribution in [2.45, 2.75) is 32.9 Å². The summed E-state index contributed by atoms with van der Waals surface area (Å²) in [5.74, 6) is 0.669. The molecular formula is C16H22F2N2. The van der Waals surface area contributed by atoms with Crippen LogP contribution in [0.1, 0.15) is 31.0 Å². The van der Waals surface area contributed by atoms with E-state index in [9.17, 15) is 8.78 Å². The minimum absolute atomic E-state index is 0.0781. The van der Waals surface area contributed by atoms with Crippen LogP contribution in [0.5, 0.6) is 0 Å². The van der Waals surface area contributed by atoms with Crippen molar-refractivity contribution in [2.24, 2.45) is 11.8 Å². The molecule has 0 spiro atoms. The van der Waals surface area contributed by atoms with Gasteiger partial charge in [0.05, 0.1) is 0 Å². The molecule has 2 fully saturated rings. The highest BCUT2D eigenvalue weighted by Crippen LogP contribution is 2.38. The van der Waals surface area contributed by atoms with E-state index in [1.54, 1.807) is 6.92 Å². The summed E-state index contributed by atoms with van der Waals surface area (Å²) < 4.78 is 27.9. The topological polar surface area (TPSA) is 15.3 Å². The molecule has 0 radical (unpaired) electrons. The van der Waals surface area contributed by atoms with Crippen molar-refractivity contribution in [1.29, 1.82) is 0 Å². The molecule has 0 amide bonds. The zero-order chi connectivity index (χ0) is 14.4. The van der Waals surface area contributed by atoms with Crippen LogP contribution in [0.3, 0.4) is 0 Å². The lowest BCUT2D eigenvalue weighted by Gasteiger charge is -2.31. The molecule has 2 nitrogen and oxygen atoms in total. The SMILES string of the molecule is Cc1cc(F)c(C(C)N2CC3CNCC3C2C)cc1F. The normalized spacial score (nSPS) is 31.6. The van der Waals surface area contributed by atoms with Gasteiger partial charge in [0.2, 0.25) is 0 Å². The van der Waals surface area contributed by atoms with Crippen molar-refractivity contribution in [2.75, 3.05) is 19.6 Å². The van der Waals surface area contributed by atoms with Crippen LogP contribution < -0.4 is 5.32 Å². The summed E-state index contributed by atoms with van der Waals surface area (Å²) in [5.41, 5.74) is 0.849. The zero-order valence-electron chi connectivity index (χ0n) is 12.3. The third-order valence-electron chi connectivity index (χ3n) is 5.21. The Balaban J connectivity index is 1.86. The molecule has 4 atom stereocenters. The summed E-state index contributed by atoms with van der Waals surface area (Å²) in [7, 11) is 0. The van der Waals surface area contributed by atoms with Gasteiger partial charge in [-0.05, 0) is 63.4 Å². The fourth-order valence-electron chi connectivity index (χ4n) is 3.87. The Morgan fingerprint density at radius 2 is 2.00 bits per heavy atom. The van der Waals surface area contributed by atoms with E-state index in [0.717, 1.165) is 19.6 Å². The molecule has 2 aliphatic rings. The number of halogens is 2. The lowest BCUT2D eigenvalue weighted by molar-refractivity contribution is 0.179. The number of hydrogen-bond acceptors (Lipinski definition) is 2. The van der Waals surface area contributed by atoms with Gasteiger partial charge in [0.25, 0.3) is 0 Å². The van der Waals surface area contributed by atoms with Crippen molar-refractivity contribution in [1.82, 2.24) is 10.2 Å². The van der Waals surface area contributed by atoms with Gasteiger partial charge in [-0.25, -0.2) is 8.78 Å². The smallest absolute Gasteiger partial charge is 0.128 e. The summed E-state index contributed by atoms with van der Waals surface area (Å²) in [6.07, 6.45) is 0. The molecule has 0 aliphatic carbocycles. The second kappa shape index (κ2) is 5.08. The second-order valence-electron chi connectivity index (χ2n) is 6.32. The lowest BCUT2D eigenvalue weighted by Crippen LogP contribution is -2.35. The number of aryl methyl sites for hydroxylation is 1. The number of rotatable bonds is 2. The van der Waals surface area contributed by atoms with Gasteiger partial charge in [-0.1, -0.05) is 0 Å². The fraction of sp³-hybridized carbons (Fsp3) is 0.625. The third-order valence-corrected chi connectivity index (χ3v) is 5.21. The molecule has 4 unspecified atom stereocenters. The van der Waals surface area contributed by atoms with Gasteiger partial charge in [0.15, 0.2) is 0 Å². The number of nitrogens with one attached hydrogen (secondary N) is 1. The first-order valence-corrected chi connectivity index (χ1v) is 7.41. The number of fused-ring (bicyclic) bond motifs is 1. The van der Waals surface area contributed by atoms with Crippen LogP contribution in [-0.2, 0) is 0 Å². The van der Waals surface area contributed by atoms with Crippen molar-refractivity contribution < 1.29 is 8.78 Å². The summed E-state index contributed by atoms with van der Waals surface area (Å²) in [6.45, 7) is 8.84. The largest absolute Gasteiger partial charge is 0.316 e. The van der Waals surface area contributed by atoms with Gasteiger partial charge in [0, 0.05) is 24.2 Å². The monoisotopic (exact) mass is 280 g/mol. The summed E-state index contributed by atoms with van der Waals surface area (Å²) >= 11 is 0. The van der Waals surface area contributed by atoms with Gasteiger partial charge < -0.3 is 5.32 Å². The number of nitrogens with zero attached hydrogens (tertiary/aromatic N) is 1.